The Balaban J connectivity index is 1.62. The molecule has 6 heteroatoms. The van der Waals surface area contributed by atoms with E-state index in [4.69, 9.17) is 4.74 Å². The second-order valence-electron chi connectivity index (χ2n) is 6.01. The highest BCUT2D eigenvalue weighted by Gasteiger charge is 2.28. The van der Waals surface area contributed by atoms with Gasteiger partial charge in [-0.15, -0.1) is 0 Å². The zero-order chi connectivity index (χ0) is 15.4. The standard InChI is InChI=1S/C16H24N2O3S/c19-22(20,16-7-2-1-3-8-16)18-10-5-9-17(11-12-18)14-15-6-4-13-21-15/h1-3,7-8,15H,4-6,9-14H2. The van der Waals surface area contributed by atoms with Gasteiger partial charge in [-0.3, -0.25) is 4.90 Å². The number of hydrogen-bond donors (Lipinski definition) is 0. The minimum absolute atomic E-state index is 0.331. The molecule has 0 aliphatic carbocycles. The van der Waals surface area contributed by atoms with E-state index in [0.29, 0.717) is 24.1 Å². The van der Waals surface area contributed by atoms with Crippen LogP contribution >= 0.6 is 0 Å². The molecule has 1 atom stereocenters. The Morgan fingerprint density at radius 2 is 1.86 bits per heavy atom. The first-order valence-electron chi connectivity index (χ1n) is 8.05. The van der Waals surface area contributed by atoms with Gasteiger partial charge in [0.1, 0.15) is 0 Å². The Labute approximate surface area is 132 Å². The van der Waals surface area contributed by atoms with E-state index in [9.17, 15) is 8.42 Å². The fourth-order valence-corrected chi connectivity index (χ4v) is 4.68. The average molecular weight is 324 g/mol. The van der Waals surface area contributed by atoms with E-state index in [1.165, 1.54) is 0 Å². The van der Waals surface area contributed by atoms with Gasteiger partial charge in [-0.05, 0) is 37.9 Å². The Bertz CT molecular complexity index is 570. The summed E-state index contributed by atoms with van der Waals surface area (Å²) < 4.78 is 32.7. The van der Waals surface area contributed by atoms with Gasteiger partial charge >= 0.3 is 0 Å². The predicted molar refractivity (Wildman–Crippen MR) is 85.2 cm³/mol. The van der Waals surface area contributed by atoms with Crippen LogP contribution < -0.4 is 0 Å². The van der Waals surface area contributed by atoms with Crippen molar-refractivity contribution in [1.29, 1.82) is 0 Å². The molecule has 122 valence electrons. The van der Waals surface area contributed by atoms with Gasteiger partial charge in [-0.25, -0.2) is 8.42 Å². The molecule has 0 spiro atoms. The fourth-order valence-electron chi connectivity index (χ4n) is 3.19. The molecule has 5 nitrogen and oxygen atoms in total. The minimum Gasteiger partial charge on any atom is -0.377 e. The lowest BCUT2D eigenvalue weighted by Crippen LogP contribution is -2.37. The maximum absolute atomic E-state index is 12.7. The van der Waals surface area contributed by atoms with Gasteiger partial charge in [0.25, 0.3) is 0 Å². The van der Waals surface area contributed by atoms with Crippen molar-refractivity contribution in [3.8, 4) is 0 Å². The minimum atomic E-state index is -3.36. The molecule has 2 aliphatic heterocycles. The van der Waals surface area contributed by atoms with Gasteiger partial charge in [-0.1, -0.05) is 18.2 Å². The lowest BCUT2D eigenvalue weighted by atomic mass is 10.2. The molecule has 3 rings (SSSR count). The van der Waals surface area contributed by atoms with E-state index in [0.717, 1.165) is 45.5 Å². The topological polar surface area (TPSA) is 49.9 Å². The zero-order valence-corrected chi connectivity index (χ0v) is 13.7. The summed E-state index contributed by atoms with van der Waals surface area (Å²) in [6.07, 6.45) is 3.48. The molecule has 22 heavy (non-hydrogen) atoms. The molecule has 0 saturated carbocycles. The van der Waals surface area contributed by atoms with Crippen molar-refractivity contribution in [2.45, 2.75) is 30.3 Å². The summed E-state index contributed by atoms with van der Waals surface area (Å²) >= 11 is 0. The molecule has 0 N–H and O–H groups in total. The van der Waals surface area contributed by atoms with Crippen LogP contribution in [0.3, 0.4) is 0 Å². The molecular formula is C16H24N2O3S. The Morgan fingerprint density at radius 3 is 2.59 bits per heavy atom. The third-order valence-electron chi connectivity index (χ3n) is 4.41. The lowest BCUT2D eigenvalue weighted by molar-refractivity contribution is 0.0749. The molecule has 2 heterocycles. The summed E-state index contributed by atoms with van der Waals surface area (Å²) in [6.45, 7) is 4.68. The number of benzene rings is 1. The molecule has 1 aromatic carbocycles. The third-order valence-corrected chi connectivity index (χ3v) is 6.33. The van der Waals surface area contributed by atoms with Crippen molar-refractivity contribution in [3.63, 3.8) is 0 Å². The molecule has 0 bridgehead atoms. The van der Waals surface area contributed by atoms with Crippen LogP contribution in [0.5, 0.6) is 0 Å². The van der Waals surface area contributed by atoms with Crippen molar-refractivity contribution < 1.29 is 13.2 Å². The molecule has 2 aliphatic rings. The Hall–Kier alpha value is -0.950. The molecular weight excluding hydrogens is 300 g/mol. The second-order valence-corrected chi connectivity index (χ2v) is 7.94. The summed E-state index contributed by atoms with van der Waals surface area (Å²) in [5.41, 5.74) is 0. The second kappa shape index (κ2) is 7.08. The number of ether oxygens (including phenoxy) is 1. The Kier molecular flexibility index (Phi) is 5.13. The van der Waals surface area contributed by atoms with Crippen LogP contribution in [0.4, 0.5) is 0 Å². The summed E-state index contributed by atoms with van der Waals surface area (Å²) in [5, 5.41) is 0. The highest BCUT2D eigenvalue weighted by Crippen LogP contribution is 2.19. The monoisotopic (exact) mass is 324 g/mol. The first kappa shape index (κ1) is 15.9. The molecule has 0 amide bonds. The number of sulfonamides is 1. The fraction of sp³-hybridized carbons (Fsp3) is 0.625. The van der Waals surface area contributed by atoms with Gasteiger partial charge < -0.3 is 4.74 Å². The smallest absolute Gasteiger partial charge is 0.243 e. The van der Waals surface area contributed by atoms with Crippen LogP contribution in [-0.4, -0.2) is 63.1 Å². The van der Waals surface area contributed by atoms with Crippen molar-refractivity contribution >= 4 is 10.0 Å². The molecule has 0 radical (unpaired) electrons. The maximum Gasteiger partial charge on any atom is 0.243 e. The summed E-state index contributed by atoms with van der Waals surface area (Å²) in [5.74, 6) is 0. The van der Waals surface area contributed by atoms with Crippen LogP contribution in [0.1, 0.15) is 19.3 Å². The van der Waals surface area contributed by atoms with Crippen LogP contribution in [-0.2, 0) is 14.8 Å². The summed E-state index contributed by atoms with van der Waals surface area (Å²) in [6, 6.07) is 8.72. The van der Waals surface area contributed by atoms with E-state index in [1.54, 1.807) is 28.6 Å². The van der Waals surface area contributed by atoms with Crippen molar-refractivity contribution in [2.24, 2.45) is 0 Å². The van der Waals surface area contributed by atoms with Gasteiger partial charge in [0.05, 0.1) is 11.0 Å². The highest BCUT2D eigenvalue weighted by atomic mass is 32.2. The number of hydrogen-bond acceptors (Lipinski definition) is 4. The molecule has 2 saturated heterocycles. The third kappa shape index (κ3) is 3.68. The van der Waals surface area contributed by atoms with Crippen LogP contribution in [0, 0.1) is 0 Å². The number of nitrogens with zero attached hydrogens (tertiary/aromatic N) is 2. The van der Waals surface area contributed by atoms with E-state index >= 15 is 0 Å². The molecule has 1 unspecified atom stereocenters. The largest absolute Gasteiger partial charge is 0.377 e. The lowest BCUT2D eigenvalue weighted by Gasteiger charge is -2.23. The van der Waals surface area contributed by atoms with Gasteiger partial charge in [0.15, 0.2) is 0 Å². The molecule has 1 aromatic rings. The number of rotatable bonds is 4. The van der Waals surface area contributed by atoms with E-state index in [2.05, 4.69) is 4.90 Å². The summed E-state index contributed by atoms with van der Waals surface area (Å²) in [4.78, 5) is 2.74. The maximum atomic E-state index is 12.7. The summed E-state index contributed by atoms with van der Waals surface area (Å²) in [7, 11) is -3.36. The van der Waals surface area contributed by atoms with Crippen LogP contribution in [0.15, 0.2) is 35.2 Å². The van der Waals surface area contributed by atoms with Gasteiger partial charge in [0.2, 0.25) is 10.0 Å². The van der Waals surface area contributed by atoms with Crippen molar-refractivity contribution in [2.75, 3.05) is 39.3 Å². The van der Waals surface area contributed by atoms with Crippen molar-refractivity contribution in [1.82, 2.24) is 9.21 Å². The predicted octanol–water partition coefficient (Wildman–Crippen LogP) is 1.56. The van der Waals surface area contributed by atoms with Crippen LogP contribution in [0.25, 0.3) is 0 Å². The van der Waals surface area contributed by atoms with Gasteiger partial charge in [0, 0.05) is 32.8 Å². The highest BCUT2D eigenvalue weighted by molar-refractivity contribution is 7.89. The first-order valence-corrected chi connectivity index (χ1v) is 9.49. The van der Waals surface area contributed by atoms with E-state index in [1.807, 2.05) is 6.07 Å². The quantitative estimate of drug-likeness (QED) is 0.843. The zero-order valence-electron chi connectivity index (χ0n) is 12.9. The SMILES string of the molecule is O=S(=O)(c1ccccc1)N1CCCN(CC2CCCO2)CC1. The molecule has 2 fully saturated rings. The average Bonchev–Trinajstić information content (AvgIpc) is 2.92. The van der Waals surface area contributed by atoms with E-state index in [-0.39, 0.29) is 0 Å². The normalized spacial score (nSPS) is 25.2. The van der Waals surface area contributed by atoms with Crippen LogP contribution in [0.2, 0.25) is 0 Å². The molecule has 0 aromatic heterocycles. The van der Waals surface area contributed by atoms with Crippen molar-refractivity contribution in [3.05, 3.63) is 30.3 Å². The van der Waals surface area contributed by atoms with Gasteiger partial charge in [-0.2, -0.15) is 4.31 Å². The Morgan fingerprint density at radius 1 is 1.05 bits per heavy atom. The first-order chi connectivity index (χ1) is 10.7. The van der Waals surface area contributed by atoms with E-state index < -0.39 is 10.0 Å².